The van der Waals surface area contributed by atoms with E-state index in [2.05, 4.69) is 0 Å². The molecule has 0 spiro atoms. The van der Waals surface area contributed by atoms with Gasteiger partial charge in [-0.2, -0.15) is 0 Å². The maximum atomic E-state index is 13.5. The lowest BCUT2D eigenvalue weighted by Gasteiger charge is -2.08. The van der Waals surface area contributed by atoms with Crippen LogP contribution in [0.15, 0.2) is 82.8 Å². The molecule has 0 N–H and O–H groups in total. The summed E-state index contributed by atoms with van der Waals surface area (Å²) in [4.78, 5) is 0.200. The van der Waals surface area contributed by atoms with E-state index in [9.17, 15) is 12.8 Å². The first-order valence-corrected chi connectivity index (χ1v) is 10.0. The van der Waals surface area contributed by atoms with Gasteiger partial charge in [-0.25, -0.2) is 12.8 Å². The Kier molecular flexibility index (Phi) is 3.67. The summed E-state index contributed by atoms with van der Waals surface area (Å²) in [6.07, 6.45) is 3.55. The molecule has 0 aliphatic carbocycles. The number of hydrogen-bond donors (Lipinski definition) is 0. The molecule has 4 aromatic rings. The molecule has 0 radical (unpaired) electrons. The van der Waals surface area contributed by atoms with E-state index in [1.165, 1.54) is 12.1 Å². The number of halogens is 1. The quantitative estimate of drug-likeness (QED) is 0.485. The van der Waals surface area contributed by atoms with Crippen molar-refractivity contribution in [3.63, 3.8) is 0 Å². The minimum absolute atomic E-state index is 0.0350. The van der Waals surface area contributed by atoms with Gasteiger partial charge in [0.2, 0.25) is 16.6 Å². The second-order valence-electron chi connectivity index (χ2n) is 6.39. The van der Waals surface area contributed by atoms with Gasteiger partial charge in [0.05, 0.1) is 10.4 Å². The van der Waals surface area contributed by atoms with Gasteiger partial charge in [-0.1, -0.05) is 12.1 Å². The van der Waals surface area contributed by atoms with Crippen molar-refractivity contribution in [1.82, 2.24) is 4.40 Å². The molecule has 5 nitrogen and oxygen atoms in total. The van der Waals surface area contributed by atoms with Crippen molar-refractivity contribution in [1.29, 1.82) is 0 Å². The number of pyridine rings is 1. The molecule has 0 fully saturated rings. The highest BCUT2D eigenvalue weighted by atomic mass is 32.2. The Morgan fingerprint density at radius 1 is 0.929 bits per heavy atom. The molecule has 7 heteroatoms. The first kappa shape index (κ1) is 16.8. The first-order chi connectivity index (χ1) is 13.5. The van der Waals surface area contributed by atoms with E-state index in [0.29, 0.717) is 28.1 Å². The first-order valence-electron chi connectivity index (χ1n) is 8.54. The van der Waals surface area contributed by atoms with E-state index in [1.54, 1.807) is 47.1 Å². The van der Waals surface area contributed by atoms with Crippen LogP contribution in [-0.2, 0) is 9.84 Å². The predicted octanol–water partition coefficient (Wildman–Crippen LogP) is 4.31. The number of rotatable bonds is 3. The van der Waals surface area contributed by atoms with Crippen molar-refractivity contribution in [3.8, 4) is 22.6 Å². The van der Waals surface area contributed by atoms with Crippen molar-refractivity contribution >= 4 is 15.4 Å². The fourth-order valence-corrected chi connectivity index (χ4v) is 5.02. The molecule has 1 aliphatic heterocycles. The van der Waals surface area contributed by atoms with Crippen molar-refractivity contribution in [2.45, 2.75) is 9.79 Å². The Balaban J connectivity index is 1.78. The normalized spacial score (nSPS) is 13.2. The molecule has 3 heterocycles. The molecule has 0 unspecified atom stereocenters. The van der Waals surface area contributed by atoms with Gasteiger partial charge in [0.15, 0.2) is 11.5 Å². The summed E-state index contributed by atoms with van der Waals surface area (Å²) in [7, 11) is -3.89. The van der Waals surface area contributed by atoms with Gasteiger partial charge in [0, 0.05) is 18.0 Å². The minimum Gasteiger partial charge on any atom is -0.454 e. The summed E-state index contributed by atoms with van der Waals surface area (Å²) in [5.74, 6) is 0.699. The molecule has 0 atom stereocenters. The number of nitrogens with zero attached hydrogens (tertiary/aromatic N) is 1. The molecule has 0 amide bonds. The molecule has 0 bridgehead atoms. The van der Waals surface area contributed by atoms with E-state index in [0.717, 1.165) is 12.1 Å². The third-order valence-corrected chi connectivity index (χ3v) is 6.57. The average Bonchev–Trinajstić information content (AvgIpc) is 3.32. The molecule has 5 rings (SSSR count). The standard InChI is InChI=1S/C21H14FNO4S/c22-15-5-7-16(8-6-15)28(24,25)21-17(12-23-10-2-1-3-18(21)23)14-4-9-19-20(11-14)27-13-26-19/h1-12H,13H2. The summed E-state index contributed by atoms with van der Waals surface area (Å²) in [6.45, 7) is 0.136. The van der Waals surface area contributed by atoms with Crippen LogP contribution in [0.25, 0.3) is 16.6 Å². The topological polar surface area (TPSA) is 57.0 Å². The second kappa shape index (κ2) is 6.10. The van der Waals surface area contributed by atoms with Crippen LogP contribution in [0.1, 0.15) is 0 Å². The zero-order valence-corrected chi connectivity index (χ0v) is 15.3. The zero-order chi connectivity index (χ0) is 19.3. The number of aromatic nitrogens is 1. The number of benzene rings is 2. The molecule has 0 saturated carbocycles. The Morgan fingerprint density at radius 3 is 2.54 bits per heavy atom. The van der Waals surface area contributed by atoms with Crippen molar-refractivity contribution in [2.24, 2.45) is 0 Å². The third-order valence-electron chi connectivity index (χ3n) is 4.71. The smallest absolute Gasteiger partial charge is 0.231 e. The lowest BCUT2D eigenvalue weighted by Crippen LogP contribution is -2.03. The predicted molar refractivity (Wildman–Crippen MR) is 101 cm³/mol. The molecular formula is C21H14FNO4S. The Hall–Kier alpha value is -3.32. The molecular weight excluding hydrogens is 381 g/mol. The summed E-state index contributed by atoms with van der Waals surface area (Å²) < 4.78 is 52.8. The molecule has 140 valence electrons. The summed E-state index contributed by atoms with van der Waals surface area (Å²) in [5, 5.41) is 0. The Bertz CT molecular complexity index is 1310. The highest BCUT2D eigenvalue weighted by Crippen LogP contribution is 2.40. The van der Waals surface area contributed by atoms with Gasteiger partial charge in [-0.15, -0.1) is 0 Å². The van der Waals surface area contributed by atoms with E-state index in [1.807, 2.05) is 6.07 Å². The number of sulfone groups is 1. The number of fused-ring (bicyclic) bond motifs is 2. The summed E-state index contributed by atoms with van der Waals surface area (Å²) in [5.41, 5.74) is 1.77. The monoisotopic (exact) mass is 395 g/mol. The molecule has 2 aromatic heterocycles. The lowest BCUT2D eigenvalue weighted by atomic mass is 10.1. The highest BCUT2D eigenvalue weighted by Gasteiger charge is 2.27. The molecule has 2 aromatic carbocycles. The van der Waals surface area contributed by atoms with Crippen LogP contribution in [0.4, 0.5) is 4.39 Å². The maximum Gasteiger partial charge on any atom is 0.231 e. The highest BCUT2D eigenvalue weighted by molar-refractivity contribution is 7.91. The van der Waals surface area contributed by atoms with Gasteiger partial charge in [0.1, 0.15) is 10.7 Å². The van der Waals surface area contributed by atoms with Crippen LogP contribution in [0, 0.1) is 5.82 Å². The van der Waals surface area contributed by atoms with Gasteiger partial charge in [-0.05, 0) is 54.1 Å². The van der Waals surface area contributed by atoms with Crippen LogP contribution in [0.5, 0.6) is 11.5 Å². The largest absolute Gasteiger partial charge is 0.454 e. The Labute approximate surface area is 160 Å². The summed E-state index contributed by atoms with van der Waals surface area (Å²) in [6, 6.07) is 15.5. The van der Waals surface area contributed by atoms with E-state index < -0.39 is 15.7 Å². The second-order valence-corrected chi connectivity index (χ2v) is 8.28. The minimum atomic E-state index is -3.89. The number of hydrogen-bond acceptors (Lipinski definition) is 4. The van der Waals surface area contributed by atoms with Gasteiger partial charge < -0.3 is 13.9 Å². The maximum absolute atomic E-state index is 13.5. The van der Waals surface area contributed by atoms with Crippen LogP contribution < -0.4 is 9.47 Å². The Morgan fingerprint density at radius 2 is 1.71 bits per heavy atom. The average molecular weight is 395 g/mol. The molecule has 0 saturated heterocycles. The van der Waals surface area contributed by atoms with E-state index in [4.69, 9.17) is 9.47 Å². The lowest BCUT2D eigenvalue weighted by molar-refractivity contribution is 0.174. The van der Waals surface area contributed by atoms with Gasteiger partial charge in [0.25, 0.3) is 0 Å². The van der Waals surface area contributed by atoms with Crippen molar-refractivity contribution in [3.05, 3.63) is 78.9 Å². The fraction of sp³-hybridized carbons (Fsp3) is 0.0476. The van der Waals surface area contributed by atoms with Crippen LogP contribution >= 0.6 is 0 Å². The van der Waals surface area contributed by atoms with E-state index in [-0.39, 0.29) is 16.6 Å². The van der Waals surface area contributed by atoms with Crippen LogP contribution in [0.3, 0.4) is 0 Å². The molecule has 28 heavy (non-hydrogen) atoms. The summed E-state index contributed by atoms with van der Waals surface area (Å²) >= 11 is 0. The third kappa shape index (κ3) is 2.55. The zero-order valence-electron chi connectivity index (χ0n) is 14.5. The fourth-order valence-electron chi connectivity index (χ4n) is 3.38. The number of ether oxygens (including phenoxy) is 2. The van der Waals surface area contributed by atoms with Crippen molar-refractivity contribution in [2.75, 3.05) is 6.79 Å². The van der Waals surface area contributed by atoms with Gasteiger partial charge >= 0.3 is 0 Å². The van der Waals surface area contributed by atoms with Crippen LogP contribution in [0.2, 0.25) is 0 Å². The van der Waals surface area contributed by atoms with Crippen LogP contribution in [-0.4, -0.2) is 19.6 Å². The van der Waals surface area contributed by atoms with Crippen molar-refractivity contribution < 1.29 is 22.3 Å². The van der Waals surface area contributed by atoms with Gasteiger partial charge in [-0.3, -0.25) is 0 Å². The molecule has 1 aliphatic rings. The van der Waals surface area contributed by atoms with E-state index >= 15 is 0 Å². The SMILES string of the molecule is O=S(=O)(c1ccc(F)cc1)c1c(-c2ccc3c(c2)OCO3)cn2ccccc12.